The fourth-order valence-electron chi connectivity index (χ4n) is 3.60. The number of rotatable bonds is 4. The number of primary amides is 1. The van der Waals surface area contributed by atoms with Crippen molar-refractivity contribution < 1.29 is 9.59 Å². The number of amides is 2. The molecule has 2 aliphatic heterocycles. The van der Waals surface area contributed by atoms with E-state index in [0.717, 1.165) is 26.1 Å². The molecule has 0 spiro atoms. The van der Waals surface area contributed by atoms with Crippen LogP contribution in [0.15, 0.2) is 30.3 Å². The Morgan fingerprint density at radius 1 is 1.09 bits per heavy atom. The molecule has 0 aromatic heterocycles. The molecule has 2 fully saturated rings. The Kier molecular flexibility index (Phi) is 4.43. The molecule has 2 heterocycles. The molecule has 2 amide bonds. The number of carbonyl (C=O) groups excluding carboxylic acids is 2. The summed E-state index contributed by atoms with van der Waals surface area (Å²) in [5, 5.41) is 0. The van der Waals surface area contributed by atoms with Crippen LogP contribution in [0.2, 0.25) is 0 Å². The molecule has 2 atom stereocenters. The van der Waals surface area contributed by atoms with Crippen LogP contribution in [-0.4, -0.2) is 54.3 Å². The minimum Gasteiger partial charge on any atom is -0.361 e. The van der Waals surface area contributed by atoms with Crippen molar-refractivity contribution in [2.24, 2.45) is 17.6 Å². The highest BCUT2D eigenvalue weighted by atomic mass is 16.2. The van der Waals surface area contributed by atoms with Gasteiger partial charge in [-0.15, -0.1) is 0 Å². The van der Waals surface area contributed by atoms with Crippen LogP contribution in [0.3, 0.4) is 0 Å². The first-order valence-electron chi connectivity index (χ1n) is 7.83. The quantitative estimate of drug-likeness (QED) is 0.824. The summed E-state index contributed by atoms with van der Waals surface area (Å²) in [6.45, 7) is 4.41. The van der Waals surface area contributed by atoms with E-state index in [4.69, 9.17) is 5.73 Å². The zero-order chi connectivity index (χ0) is 15.5. The zero-order valence-corrected chi connectivity index (χ0v) is 12.6. The van der Waals surface area contributed by atoms with Gasteiger partial charge in [0, 0.05) is 26.2 Å². The van der Waals surface area contributed by atoms with Gasteiger partial charge in [-0.25, -0.2) is 0 Å². The summed E-state index contributed by atoms with van der Waals surface area (Å²) in [6, 6.07) is 10.4. The van der Waals surface area contributed by atoms with E-state index in [0.29, 0.717) is 24.9 Å². The van der Waals surface area contributed by atoms with E-state index in [1.54, 1.807) is 4.90 Å². The van der Waals surface area contributed by atoms with Gasteiger partial charge in [0.1, 0.15) is 0 Å². The Morgan fingerprint density at radius 2 is 1.73 bits per heavy atom. The number of nitrogens with two attached hydrogens (primary N) is 1. The third-order valence-corrected chi connectivity index (χ3v) is 4.68. The van der Waals surface area contributed by atoms with Crippen LogP contribution in [-0.2, 0) is 9.59 Å². The van der Waals surface area contributed by atoms with E-state index in [9.17, 15) is 9.59 Å². The van der Waals surface area contributed by atoms with Crippen LogP contribution in [0, 0.1) is 18.3 Å². The van der Waals surface area contributed by atoms with Gasteiger partial charge in [-0.2, -0.15) is 0 Å². The SMILES string of the molecule is NC(=O)C(=O)N1CC2CN(CC[CH]c3ccccc3)C[C@H]2C1. The molecular weight excluding hydrogens is 278 g/mol. The summed E-state index contributed by atoms with van der Waals surface area (Å²) in [5.41, 5.74) is 6.33. The second-order valence-corrected chi connectivity index (χ2v) is 6.26. The second kappa shape index (κ2) is 6.48. The molecule has 5 heteroatoms. The number of hydrogen-bond acceptors (Lipinski definition) is 3. The molecule has 117 valence electrons. The maximum absolute atomic E-state index is 11.6. The van der Waals surface area contributed by atoms with Crippen molar-refractivity contribution in [1.29, 1.82) is 0 Å². The molecule has 5 nitrogen and oxygen atoms in total. The number of fused-ring (bicyclic) bond motifs is 1. The summed E-state index contributed by atoms with van der Waals surface area (Å²) in [6.07, 6.45) is 3.30. The third-order valence-electron chi connectivity index (χ3n) is 4.68. The average molecular weight is 300 g/mol. The Bertz CT molecular complexity index is 532. The topological polar surface area (TPSA) is 66.6 Å². The molecule has 2 saturated heterocycles. The molecule has 2 N–H and O–H groups in total. The van der Waals surface area contributed by atoms with E-state index in [2.05, 4.69) is 35.6 Å². The molecule has 1 aromatic rings. The van der Waals surface area contributed by atoms with Crippen molar-refractivity contribution in [3.8, 4) is 0 Å². The highest BCUT2D eigenvalue weighted by Crippen LogP contribution is 2.31. The van der Waals surface area contributed by atoms with Crippen molar-refractivity contribution in [2.75, 3.05) is 32.7 Å². The first-order chi connectivity index (χ1) is 10.6. The predicted molar refractivity (Wildman–Crippen MR) is 83.7 cm³/mol. The van der Waals surface area contributed by atoms with Gasteiger partial charge in [-0.3, -0.25) is 9.59 Å². The Balaban J connectivity index is 1.42. The van der Waals surface area contributed by atoms with Gasteiger partial charge in [0.05, 0.1) is 0 Å². The van der Waals surface area contributed by atoms with Crippen LogP contribution >= 0.6 is 0 Å². The molecule has 0 bridgehead atoms. The normalized spacial score (nSPS) is 24.5. The fourth-order valence-corrected chi connectivity index (χ4v) is 3.60. The highest BCUT2D eigenvalue weighted by Gasteiger charge is 2.42. The van der Waals surface area contributed by atoms with Crippen molar-refractivity contribution in [3.05, 3.63) is 42.3 Å². The number of nitrogens with zero attached hydrogens (tertiary/aromatic N) is 2. The summed E-state index contributed by atoms with van der Waals surface area (Å²) in [4.78, 5) is 26.7. The second-order valence-electron chi connectivity index (χ2n) is 6.26. The molecule has 3 rings (SSSR count). The molecule has 0 saturated carbocycles. The van der Waals surface area contributed by atoms with Gasteiger partial charge in [0.25, 0.3) is 0 Å². The minimum atomic E-state index is -0.839. The van der Waals surface area contributed by atoms with E-state index in [1.807, 2.05) is 6.07 Å². The lowest BCUT2D eigenvalue weighted by Crippen LogP contribution is -2.40. The third kappa shape index (κ3) is 3.30. The minimum absolute atomic E-state index is 0.486. The molecule has 0 aliphatic carbocycles. The Morgan fingerprint density at radius 3 is 2.32 bits per heavy atom. The Hall–Kier alpha value is -1.88. The smallest absolute Gasteiger partial charge is 0.311 e. The standard InChI is InChI=1S/C17H22N3O2/c18-16(21)17(22)20-11-14-9-19(10-15(14)12-20)8-4-7-13-5-2-1-3-6-13/h1-3,5-7,14-15H,4,8-12H2,(H2,18,21)/t14-,15?/m0/s1. The lowest BCUT2D eigenvalue weighted by molar-refractivity contribution is -0.143. The fraction of sp³-hybridized carbons (Fsp3) is 0.471. The average Bonchev–Trinajstić information content (AvgIpc) is 3.05. The number of hydrogen-bond donors (Lipinski definition) is 1. The van der Waals surface area contributed by atoms with Crippen LogP contribution in [0.5, 0.6) is 0 Å². The Labute approximate surface area is 131 Å². The van der Waals surface area contributed by atoms with Gasteiger partial charge in [0.2, 0.25) is 0 Å². The van der Waals surface area contributed by atoms with Crippen LogP contribution in [0.1, 0.15) is 12.0 Å². The first kappa shape index (κ1) is 15.0. The molecular formula is C17H22N3O2. The van der Waals surface area contributed by atoms with Crippen LogP contribution < -0.4 is 5.73 Å². The van der Waals surface area contributed by atoms with Gasteiger partial charge in [-0.05, 0) is 36.8 Å². The molecule has 22 heavy (non-hydrogen) atoms. The van der Waals surface area contributed by atoms with Crippen LogP contribution in [0.25, 0.3) is 0 Å². The summed E-state index contributed by atoms with van der Waals surface area (Å²) in [5.74, 6) is -0.396. The van der Waals surface area contributed by atoms with Crippen molar-refractivity contribution in [2.45, 2.75) is 6.42 Å². The molecule has 2 aliphatic rings. The number of benzene rings is 1. The van der Waals surface area contributed by atoms with Gasteiger partial charge in [0.15, 0.2) is 0 Å². The highest BCUT2D eigenvalue weighted by molar-refractivity contribution is 6.34. The predicted octanol–water partition coefficient (Wildman–Crippen LogP) is 0.505. The van der Waals surface area contributed by atoms with Crippen molar-refractivity contribution in [3.63, 3.8) is 0 Å². The summed E-state index contributed by atoms with van der Waals surface area (Å²) >= 11 is 0. The van der Waals surface area contributed by atoms with E-state index >= 15 is 0 Å². The molecule has 1 radical (unpaired) electrons. The molecule has 1 unspecified atom stereocenters. The van der Waals surface area contributed by atoms with Gasteiger partial charge < -0.3 is 15.5 Å². The number of carbonyl (C=O) groups is 2. The van der Waals surface area contributed by atoms with E-state index < -0.39 is 11.8 Å². The van der Waals surface area contributed by atoms with Crippen LogP contribution in [0.4, 0.5) is 0 Å². The lowest BCUT2D eigenvalue weighted by atomic mass is 10.0. The monoisotopic (exact) mass is 300 g/mol. The summed E-state index contributed by atoms with van der Waals surface area (Å²) < 4.78 is 0. The van der Waals surface area contributed by atoms with E-state index in [-0.39, 0.29) is 0 Å². The van der Waals surface area contributed by atoms with Gasteiger partial charge >= 0.3 is 11.8 Å². The first-order valence-corrected chi connectivity index (χ1v) is 7.83. The molecule has 1 aromatic carbocycles. The van der Waals surface area contributed by atoms with Crippen molar-refractivity contribution >= 4 is 11.8 Å². The largest absolute Gasteiger partial charge is 0.361 e. The van der Waals surface area contributed by atoms with E-state index in [1.165, 1.54) is 5.56 Å². The lowest BCUT2D eigenvalue weighted by Gasteiger charge is -2.20. The number of likely N-dealkylation sites (tertiary alicyclic amines) is 2. The zero-order valence-electron chi connectivity index (χ0n) is 12.6. The van der Waals surface area contributed by atoms with Crippen molar-refractivity contribution in [1.82, 2.24) is 9.80 Å². The maximum Gasteiger partial charge on any atom is 0.311 e. The summed E-state index contributed by atoms with van der Waals surface area (Å²) in [7, 11) is 0. The van der Waals surface area contributed by atoms with Gasteiger partial charge in [-0.1, -0.05) is 30.3 Å². The maximum atomic E-state index is 11.6.